The molecule has 1 saturated heterocycles. The second-order valence-corrected chi connectivity index (χ2v) is 7.70. The van der Waals surface area contributed by atoms with Gasteiger partial charge in [0.2, 0.25) is 0 Å². The highest BCUT2D eigenvalue weighted by atomic mass is 16.5. The normalized spacial score (nSPS) is 14.6. The first-order chi connectivity index (χ1) is 15.1. The van der Waals surface area contributed by atoms with Gasteiger partial charge in [-0.15, -0.1) is 0 Å². The Bertz CT molecular complexity index is 1060. The monoisotopic (exact) mass is 424 g/mol. The minimum Gasteiger partial charge on any atom is -0.459 e. The highest BCUT2D eigenvalue weighted by molar-refractivity contribution is 5.91. The van der Waals surface area contributed by atoms with Crippen molar-refractivity contribution in [3.8, 4) is 5.69 Å². The van der Waals surface area contributed by atoms with E-state index < -0.39 is 0 Å². The van der Waals surface area contributed by atoms with Crippen molar-refractivity contribution in [1.29, 1.82) is 0 Å². The molecule has 31 heavy (non-hydrogen) atoms. The second-order valence-electron chi connectivity index (χ2n) is 7.70. The molecule has 164 valence electrons. The molecule has 1 fully saturated rings. The number of ether oxygens (including phenoxy) is 1. The van der Waals surface area contributed by atoms with Gasteiger partial charge in [0.15, 0.2) is 5.76 Å². The summed E-state index contributed by atoms with van der Waals surface area (Å²) < 4.78 is 14.2. The molecule has 3 aromatic rings. The molecule has 1 aliphatic rings. The van der Waals surface area contributed by atoms with E-state index in [4.69, 9.17) is 9.15 Å². The highest BCUT2D eigenvalue weighted by Gasteiger charge is 2.24. The van der Waals surface area contributed by atoms with E-state index in [0.29, 0.717) is 31.9 Å². The zero-order chi connectivity index (χ0) is 21.8. The lowest BCUT2D eigenvalue weighted by molar-refractivity contribution is 0.0316. The number of carbonyl (C=O) groups excluding carboxylic acids is 1. The van der Waals surface area contributed by atoms with E-state index in [2.05, 4.69) is 4.90 Å². The summed E-state index contributed by atoms with van der Waals surface area (Å²) in [5.74, 6) is 0.0612. The maximum Gasteiger partial charge on any atom is 0.289 e. The predicted molar refractivity (Wildman–Crippen MR) is 116 cm³/mol. The van der Waals surface area contributed by atoms with Crippen LogP contribution in [0.5, 0.6) is 0 Å². The van der Waals surface area contributed by atoms with E-state index in [0.717, 1.165) is 24.5 Å². The molecule has 0 bridgehead atoms. The van der Waals surface area contributed by atoms with Gasteiger partial charge in [0.1, 0.15) is 0 Å². The van der Waals surface area contributed by atoms with E-state index in [9.17, 15) is 9.59 Å². The molecule has 0 aliphatic carbocycles. The van der Waals surface area contributed by atoms with E-state index in [1.807, 2.05) is 49.0 Å². The molecule has 0 unspecified atom stereocenters. The first-order valence-electron chi connectivity index (χ1n) is 10.5. The van der Waals surface area contributed by atoms with Crippen LogP contribution in [0.2, 0.25) is 0 Å². The van der Waals surface area contributed by atoms with Crippen LogP contribution in [0.3, 0.4) is 0 Å². The number of aromatic nitrogens is 2. The maximum atomic E-state index is 13.3. The molecule has 8 nitrogen and oxygen atoms in total. The summed E-state index contributed by atoms with van der Waals surface area (Å²) in [6, 6.07) is 12.9. The quantitative estimate of drug-likeness (QED) is 0.581. The van der Waals surface area contributed by atoms with Crippen molar-refractivity contribution in [2.75, 3.05) is 39.4 Å². The summed E-state index contributed by atoms with van der Waals surface area (Å²) in [5, 5.41) is 0. The van der Waals surface area contributed by atoms with Crippen molar-refractivity contribution in [2.24, 2.45) is 7.05 Å². The average Bonchev–Trinajstić information content (AvgIpc) is 3.41. The molecule has 0 saturated carbocycles. The van der Waals surface area contributed by atoms with Crippen molar-refractivity contribution in [3.05, 3.63) is 76.1 Å². The molecule has 8 heteroatoms. The Balaban J connectivity index is 1.62. The molecule has 0 N–H and O–H groups in total. The van der Waals surface area contributed by atoms with Crippen molar-refractivity contribution in [3.63, 3.8) is 0 Å². The Kier molecular flexibility index (Phi) is 6.39. The Hall–Kier alpha value is -3.10. The van der Waals surface area contributed by atoms with Gasteiger partial charge >= 0.3 is 0 Å². The fourth-order valence-corrected chi connectivity index (χ4v) is 3.89. The minimum absolute atomic E-state index is 0.116. The zero-order valence-electron chi connectivity index (χ0n) is 18.0. The first-order valence-corrected chi connectivity index (χ1v) is 10.5. The number of carbonyl (C=O) groups is 1. The van der Waals surface area contributed by atoms with Gasteiger partial charge in [0.05, 0.1) is 37.3 Å². The summed E-state index contributed by atoms with van der Waals surface area (Å²) in [7, 11) is 1.86. The largest absolute Gasteiger partial charge is 0.459 e. The van der Waals surface area contributed by atoms with E-state index in [-0.39, 0.29) is 23.8 Å². The van der Waals surface area contributed by atoms with Gasteiger partial charge in [-0.2, -0.15) is 0 Å². The lowest BCUT2D eigenvalue weighted by atomic mass is 10.2. The van der Waals surface area contributed by atoms with Gasteiger partial charge in [0, 0.05) is 38.9 Å². The van der Waals surface area contributed by atoms with Crippen LogP contribution >= 0.6 is 0 Å². The van der Waals surface area contributed by atoms with Crippen molar-refractivity contribution in [2.45, 2.75) is 13.5 Å². The van der Waals surface area contributed by atoms with Crippen molar-refractivity contribution in [1.82, 2.24) is 19.2 Å². The van der Waals surface area contributed by atoms with Crippen LogP contribution < -0.4 is 5.56 Å². The number of amides is 1. The highest BCUT2D eigenvalue weighted by Crippen LogP contribution is 2.15. The van der Waals surface area contributed by atoms with Gasteiger partial charge in [0.25, 0.3) is 11.5 Å². The minimum atomic E-state index is -0.216. The average molecular weight is 425 g/mol. The summed E-state index contributed by atoms with van der Waals surface area (Å²) in [4.78, 5) is 30.4. The number of para-hydroxylation sites is 1. The molecule has 0 radical (unpaired) electrons. The number of rotatable bonds is 7. The van der Waals surface area contributed by atoms with Gasteiger partial charge in [-0.25, -0.2) is 4.68 Å². The summed E-state index contributed by atoms with van der Waals surface area (Å²) >= 11 is 0. The molecule has 1 aromatic carbocycles. The van der Waals surface area contributed by atoms with Crippen LogP contribution in [-0.4, -0.2) is 64.5 Å². The van der Waals surface area contributed by atoms with Crippen molar-refractivity contribution >= 4 is 5.91 Å². The third-order valence-electron chi connectivity index (χ3n) is 5.83. The van der Waals surface area contributed by atoms with E-state index in [1.54, 1.807) is 21.7 Å². The molecule has 2 aromatic heterocycles. The SMILES string of the molecule is Cc1c(CN(CCN2CCOCC2)C(=O)c2ccco2)c(=O)n(-c2ccccc2)n1C. The molecule has 0 atom stereocenters. The molecule has 1 aliphatic heterocycles. The van der Waals surface area contributed by atoms with Crippen LogP contribution in [0.1, 0.15) is 21.8 Å². The van der Waals surface area contributed by atoms with E-state index in [1.165, 1.54) is 6.26 Å². The van der Waals surface area contributed by atoms with Gasteiger partial charge < -0.3 is 14.1 Å². The molecular formula is C23H28N4O4. The van der Waals surface area contributed by atoms with Crippen LogP contribution in [0.4, 0.5) is 0 Å². The Morgan fingerprint density at radius 2 is 1.84 bits per heavy atom. The first kappa shape index (κ1) is 21.1. The fourth-order valence-electron chi connectivity index (χ4n) is 3.89. The number of nitrogens with zero attached hydrogens (tertiary/aromatic N) is 4. The number of morpholine rings is 1. The number of furan rings is 1. The zero-order valence-corrected chi connectivity index (χ0v) is 18.0. The molecular weight excluding hydrogens is 396 g/mol. The third-order valence-corrected chi connectivity index (χ3v) is 5.83. The smallest absolute Gasteiger partial charge is 0.289 e. The van der Waals surface area contributed by atoms with Crippen LogP contribution in [-0.2, 0) is 18.3 Å². The van der Waals surface area contributed by atoms with Gasteiger partial charge in [-0.3, -0.25) is 19.2 Å². The molecule has 3 heterocycles. The third kappa shape index (κ3) is 4.50. The van der Waals surface area contributed by atoms with E-state index >= 15 is 0 Å². The standard InChI is InChI=1S/C23H28N4O4/c1-18-20(22(28)27(24(18)2)19-7-4-3-5-8-19)17-26(23(29)21-9-6-14-31-21)11-10-25-12-15-30-16-13-25/h3-9,14H,10-13,15-17H2,1-2H3. The Morgan fingerprint density at radius 1 is 1.10 bits per heavy atom. The summed E-state index contributed by atoms with van der Waals surface area (Å²) in [6.07, 6.45) is 1.49. The lowest BCUT2D eigenvalue weighted by Gasteiger charge is -2.29. The van der Waals surface area contributed by atoms with Gasteiger partial charge in [-0.05, 0) is 31.2 Å². The van der Waals surface area contributed by atoms with Crippen LogP contribution in [0.25, 0.3) is 5.69 Å². The number of hydrogen-bond donors (Lipinski definition) is 0. The molecule has 0 spiro atoms. The maximum absolute atomic E-state index is 13.3. The van der Waals surface area contributed by atoms with Crippen LogP contribution in [0.15, 0.2) is 57.9 Å². The summed E-state index contributed by atoms with van der Waals surface area (Å²) in [6.45, 7) is 6.43. The Labute approximate surface area is 181 Å². The molecule has 4 rings (SSSR count). The summed E-state index contributed by atoms with van der Waals surface area (Å²) in [5.41, 5.74) is 2.11. The lowest BCUT2D eigenvalue weighted by Crippen LogP contribution is -2.43. The van der Waals surface area contributed by atoms with Gasteiger partial charge in [-0.1, -0.05) is 18.2 Å². The number of hydrogen-bond acceptors (Lipinski definition) is 5. The number of benzene rings is 1. The topological polar surface area (TPSA) is 72.8 Å². The predicted octanol–water partition coefficient (Wildman–Crippen LogP) is 2.05. The Morgan fingerprint density at radius 3 is 2.52 bits per heavy atom. The van der Waals surface area contributed by atoms with Crippen LogP contribution in [0, 0.1) is 6.92 Å². The fraction of sp³-hybridized carbons (Fsp3) is 0.391. The molecule has 1 amide bonds. The van der Waals surface area contributed by atoms with Crippen molar-refractivity contribution < 1.29 is 13.9 Å². The second kappa shape index (κ2) is 9.36.